The second kappa shape index (κ2) is 24.6. The SMILES string of the molecule is CC(Cc1ccc(Nc2ccc(NCc3cc(C(C)(C)C)c(O)c(C(C)(C)C)c3)cc2)cc1)CC(C)(C)C.CC(Cc1ccc(Nc2ccc(NCc3cc(C(C)(C)C)c(O)c(C(C)(C)C)c3)cc2)cc1)CC(C)(C)C. The van der Waals surface area contributed by atoms with Crippen molar-refractivity contribution in [1.29, 1.82) is 0 Å². The maximum atomic E-state index is 11.0. The van der Waals surface area contributed by atoms with E-state index in [2.05, 4.69) is 281 Å². The molecule has 6 N–H and O–H groups in total. The van der Waals surface area contributed by atoms with Gasteiger partial charge in [-0.1, -0.05) is 163 Å². The van der Waals surface area contributed by atoms with Crippen LogP contribution in [0.3, 0.4) is 0 Å². The summed E-state index contributed by atoms with van der Waals surface area (Å²) < 4.78 is 0. The highest BCUT2D eigenvalue weighted by molar-refractivity contribution is 5.64. The molecule has 412 valence electrons. The average molecular weight is 1030 g/mol. The molecule has 6 nitrogen and oxygen atoms in total. The van der Waals surface area contributed by atoms with Crippen molar-refractivity contribution in [1.82, 2.24) is 0 Å². The summed E-state index contributed by atoms with van der Waals surface area (Å²) >= 11 is 0. The molecule has 0 amide bonds. The minimum absolute atomic E-state index is 0.129. The maximum absolute atomic E-state index is 11.0. The van der Waals surface area contributed by atoms with E-state index < -0.39 is 0 Å². The van der Waals surface area contributed by atoms with Crippen LogP contribution in [-0.4, -0.2) is 10.2 Å². The smallest absolute Gasteiger partial charge is 0.123 e. The molecule has 2 unspecified atom stereocenters. The third-order valence-electron chi connectivity index (χ3n) is 13.9. The van der Waals surface area contributed by atoms with Crippen LogP contribution in [0.5, 0.6) is 11.5 Å². The second-order valence-corrected chi connectivity index (χ2v) is 28.7. The normalized spacial score (nSPS) is 13.3. The number of hydrogen-bond donors (Lipinski definition) is 6. The van der Waals surface area contributed by atoms with Gasteiger partial charge in [0.25, 0.3) is 0 Å². The van der Waals surface area contributed by atoms with Crippen molar-refractivity contribution >= 4 is 34.1 Å². The van der Waals surface area contributed by atoms with Gasteiger partial charge in [-0.05, 0) is 212 Å². The largest absolute Gasteiger partial charge is 0.507 e. The molecule has 76 heavy (non-hydrogen) atoms. The summed E-state index contributed by atoms with van der Waals surface area (Å²) in [5.74, 6) is 2.21. The fraction of sp³-hybridized carbons (Fsp3) is 0.486. The molecule has 0 fully saturated rings. The van der Waals surface area contributed by atoms with E-state index in [9.17, 15) is 10.2 Å². The van der Waals surface area contributed by atoms with Gasteiger partial charge in [-0.2, -0.15) is 0 Å². The van der Waals surface area contributed by atoms with Gasteiger partial charge in [-0.15, -0.1) is 0 Å². The Labute approximate surface area is 462 Å². The molecule has 0 aliphatic carbocycles. The van der Waals surface area contributed by atoms with Crippen molar-refractivity contribution < 1.29 is 10.2 Å². The van der Waals surface area contributed by atoms with Crippen molar-refractivity contribution in [2.75, 3.05) is 21.3 Å². The van der Waals surface area contributed by atoms with Crippen molar-refractivity contribution in [2.24, 2.45) is 22.7 Å². The summed E-state index contributed by atoms with van der Waals surface area (Å²) in [6.45, 7) is 45.8. The Kier molecular flexibility index (Phi) is 19.8. The Morgan fingerprint density at radius 1 is 0.329 bits per heavy atom. The number of hydrogen-bond acceptors (Lipinski definition) is 6. The number of nitrogens with one attached hydrogen (secondary N) is 4. The average Bonchev–Trinajstić information content (AvgIpc) is 3.28. The van der Waals surface area contributed by atoms with Crippen molar-refractivity contribution in [2.45, 2.75) is 199 Å². The minimum Gasteiger partial charge on any atom is -0.507 e. The summed E-state index contributed by atoms with van der Waals surface area (Å²) in [7, 11) is 0. The van der Waals surface area contributed by atoms with Gasteiger partial charge in [0.05, 0.1) is 0 Å². The number of rotatable bonds is 16. The molecule has 0 saturated carbocycles. The molecule has 0 aliphatic rings. The fourth-order valence-corrected chi connectivity index (χ4v) is 10.5. The molecule has 0 radical (unpaired) electrons. The fourth-order valence-electron chi connectivity index (χ4n) is 10.5. The first-order valence-corrected chi connectivity index (χ1v) is 28.2. The van der Waals surface area contributed by atoms with Gasteiger partial charge in [0, 0.05) is 47.2 Å². The van der Waals surface area contributed by atoms with E-state index in [0.29, 0.717) is 47.3 Å². The van der Waals surface area contributed by atoms with Crippen LogP contribution in [0.15, 0.2) is 121 Å². The molecule has 0 heterocycles. The number of phenols is 2. The Hall–Kier alpha value is -5.88. The standard InChI is InChI=1S/2C35H50N2O/c2*1-24(22-33(2,3)4)19-25-11-13-28(14-12-25)37-29-17-15-27(16-18-29)36-23-26-20-30(34(5,6)7)32(38)31(21-26)35(8,9)10/h2*11-18,20-21,24,36-38H,19,22-23H2,1-10H3. The summed E-state index contributed by atoms with van der Waals surface area (Å²) in [6, 6.07) is 43.1. The summed E-state index contributed by atoms with van der Waals surface area (Å²) in [5.41, 5.74) is 15.8. The van der Waals surface area contributed by atoms with Gasteiger partial charge < -0.3 is 31.5 Å². The number of anilines is 6. The predicted molar refractivity (Wildman–Crippen MR) is 332 cm³/mol. The Balaban J connectivity index is 0.000000281. The van der Waals surface area contributed by atoms with E-state index in [4.69, 9.17) is 0 Å². The Morgan fingerprint density at radius 2 is 0.553 bits per heavy atom. The Bertz CT molecular complexity index is 2500. The molecule has 6 heteroatoms. The predicted octanol–water partition coefficient (Wildman–Crippen LogP) is 19.9. The van der Waals surface area contributed by atoms with E-state index in [-0.39, 0.29) is 21.7 Å². The molecule has 0 bridgehead atoms. The quantitative estimate of drug-likeness (QED) is 0.0579. The van der Waals surface area contributed by atoms with Gasteiger partial charge in [0.15, 0.2) is 0 Å². The summed E-state index contributed by atoms with van der Waals surface area (Å²) in [4.78, 5) is 0. The number of aromatic hydroxyl groups is 2. The van der Waals surface area contributed by atoms with Crippen LogP contribution in [0, 0.1) is 22.7 Å². The molecule has 6 aromatic rings. The molecule has 0 aromatic heterocycles. The van der Waals surface area contributed by atoms with E-state index in [1.165, 1.54) is 35.1 Å². The lowest BCUT2D eigenvalue weighted by atomic mass is 9.78. The van der Waals surface area contributed by atoms with Gasteiger partial charge in [0.2, 0.25) is 0 Å². The highest BCUT2D eigenvalue weighted by Crippen LogP contribution is 2.42. The van der Waals surface area contributed by atoms with Crippen molar-refractivity contribution in [3.63, 3.8) is 0 Å². The van der Waals surface area contributed by atoms with Crippen LogP contribution in [0.1, 0.15) is 196 Å². The highest BCUT2D eigenvalue weighted by Gasteiger charge is 2.28. The molecule has 6 rings (SSSR count). The lowest BCUT2D eigenvalue weighted by Crippen LogP contribution is -2.18. The molecular weight excluding hydrogens is 929 g/mol. The summed E-state index contributed by atoms with van der Waals surface area (Å²) in [5, 5.41) is 36.1. The summed E-state index contributed by atoms with van der Waals surface area (Å²) in [6.07, 6.45) is 4.70. The van der Waals surface area contributed by atoms with Crippen molar-refractivity contribution in [3.05, 3.63) is 166 Å². The van der Waals surface area contributed by atoms with Crippen molar-refractivity contribution in [3.8, 4) is 11.5 Å². The first-order chi connectivity index (χ1) is 35.0. The lowest BCUT2D eigenvalue weighted by Gasteiger charge is -2.28. The number of benzene rings is 6. The van der Waals surface area contributed by atoms with Gasteiger partial charge >= 0.3 is 0 Å². The van der Waals surface area contributed by atoms with E-state index in [1.807, 2.05) is 0 Å². The van der Waals surface area contributed by atoms with Crippen LogP contribution in [0.4, 0.5) is 34.1 Å². The van der Waals surface area contributed by atoms with E-state index in [1.54, 1.807) is 0 Å². The first-order valence-electron chi connectivity index (χ1n) is 28.2. The molecule has 0 saturated heterocycles. The maximum Gasteiger partial charge on any atom is 0.123 e. The van der Waals surface area contributed by atoms with Gasteiger partial charge in [0.1, 0.15) is 11.5 Å². The van der Waals surface area contributed by atoms with Gasteiger partial charge in [-0.3, -0.25) is 0 Å². The zero-order chi connectivity index (χ0) is 56.6. The third-order valence-corrected chi connectivity index (χ3v) is 13.9. The molecule has 6 aromatic carbocycles. The highest BCUT2D eigenvalue weighted by atomic mass is 16.3. The first kappa shape index (κ1) is 61.0. The van der Waals surface area contributed by atoms with Crippen LogP contribution < -0.4 is 21.3 Å². The topological polar surface area (TPSA) is 88.6 Å². The molecular formula is C70H100N4O2. The van der Waals surface area contributed by atoms with Crippen LogP contribution in [-0.2, 0) is 47.6 Å². The van der Waals surface area contributed by atoms with Crippen LogP contribution in [0.25, 0.3) is 0 Å². The number of phenolic OH excluding ortho intramolecular Hbond substituents is 2. The molecule has 2 atom stereocenters. The van der Waals surface area contributed by atoms with Crippen LogP contribution in [0.2, 0.25) is 0 Å². The zero-order valence-corrected chi connectivity index (χ0v) is 50.8. The third kappa shape index (κ3) is 19.3. The molecule has 0 aliphatic heterocycles. The monoisotopic (exact) mass is 1030 g/mol. The van der Waals surface area contributed by atoms with Crippen LogP contribution >= 0.6 is 0 Å². The minimum atomic E-state index is -0.129. The van der Waals surface area contributed by atoms with E-state index >= 15 is 0 Å². The van der Waals surface area contributed by atoms with E-state index in [0.717, 1.165) is 69.2 Å². The Morgan fingerprint density at radius 3 is 0.776 bits per heavy atom. The lowest BCUT2D eigenvalue weighted by molar-refractivity contribution is 0.306. The molecule has 0 spiro atoms. The van der Waals surface area contributed by atoms with Gasteiger partial charge in [-0.25, -0.2) is 0 Å². The second-order valence-electron chi connectivity index (χ2n) is 28.7. The zero-order valence-electron chi connectivity index (χ0n) is 50.8.